The zero-order chi connectivity index (χ0) is 24.9. The zero-order valence-electron chi connectivity index (χ0n) is 20.3. The van der Waals surface area contributed by atoms with Gasteiger partial charge in [-0.05, 0) is 33.6 Å². The van der Waals surface area contributed by atoms with Crippen LogP contribution < -0.4 is 10.6 Å². The average Bonchev–Trinajstić information content (AvgIpc) is 3.12. The molecule has 0 spiro atoms. The number of amides is 2. The number of aliphatic carboxylic acids is 1. The first-order valence-corrected chi connectivity index (χ1v) is 11.7. The molecule has 3 N–H and O–H groups in total. The SMILES string of the molecule is CCC(C)C(NC(=O)OCC1c2ccccc2-c2ccccc21)C(=O)NCC(C)(C)CC(=O)O. The van der Waals surface area contributed by atoms with Crippen molar-refractivity contribution in [1.82, 2.24) is 10.6 Å². The van der Waals surface area contributed by atoms with E-state index in [9.17, 15) is 14.4 Å². The molecule has 7 heteroatoms. The van der Waals surface area contributed by atoms with Crippen LogP contribution in [0.3, 0.4) is 0 Å². The Morgan fingerprint density at radius 3 is 2.12 bits per heavy atom. The Bertz CT molecular complexity index is 1000. The summed E-state index contributed by atoms with van der Waals surface area (Å²) in [4.78, 5) is 36.6. The highest BCUT2D eigenvalue weighted by Crippen LogP contribution is 2.44. The van der Waals surface area contributed by atoms with Crippen LogP contribution in [0.2, 0.25) is 0 Å². The number of carboxylic acids is 1. The Balaban J connectivity index is 1.63. The minimum absolute atomic E-state index is 0.0640. The highest BCUT2D eigenvalue weighted by molar-refractivity contribution is 5.86. The second kappa shape index (κ2) is 10.7. The molecule has 0 bridgehead atoms. The van der Waals surface area contributed by atoms with Crippen LogP contribution in [-0.4, -0.2) is 42.3 Å². The van der Waals surface area contributed by atoms with Gasteiger partial charge in [0.05, 0.1) is 6.42 Å². The molecule has 2 unspecified atom stereocenters. The molecule has 0 aromatic heterocycles. The quantitative estimate of drug-likeness (QED) is 0.476. The smallest absolute Gasteiger partial charge is 0.407 e. The number of ether oxygens (including phenoxy) is 1. The van der Waals surface area contributed by atoms with Crippen LogP contribution in [0, 0.1) is 11.3 Å². The molecule has 1 aliphatic rings. The molecule has 0 heterocycles. The van der Waals surface area contributed by atoms with E-state index in [2.05, 4.69) is 34.9 Å². The van der Waals surface area contributed by atoms with Crippen molar-refractivity contribution >= 4 is 18.0 Å². The van der Waals surface area contributed by atoms with Crippen LogP contribution in [0.25, 0.3) is 11.1 Å². The summed E-state index contributed by atoms with van der Waals surface area (Å²) < 4.78 is 5.61. The topological polar surface area (TPSA) is 105 Å². The molecule has 1 aliphatic carbocycles. The Morgan fingerprint density at radius 1 is 1.03 bits per heavy atom. The highest BCUT2D eigenvalue weighted by atomic mass is 16.5. The van der Waals surface area contributed by atoms with Gasteiger partial charge in [-0.2, -0.15) is 0 Å². The van der Waals surface area contributed by atoms with Crippen LogP contribution in [0.1, 0.15) is 57.6 Å². The monoisotopic (exact) mass is 466 g/mol. The van der Waals surface area contributed by atoms with Gasteiger partial charge >= 0.3 is 12.1 Å². The van der Waals surface area contributed by atoms with E-state index < -0.39 is 23.5 Å². The third kappa shape index (κ3) is 5.95. The molecule has 2 atom stereocenters. The molecule has 0 saturated heterocycles. The molecule has 34 heavy (non-hydrogen) atoms. The summed E-state index contributed by atoms with van der Waals surface area (Å²) >= 11 is 0. The normalized spacial score (nSPS) is 14.5. The predicted molar refractivity (Wildman–Crippen MR) is 130 cm³/mol. The Labute approximate surface area is 200 Å². The maximum absolute atomic E-state index is 12.9. The van der Waals surface area contributed by atoms with E-state index in [1.165, 1.54) is 0 Å². The van der Waals surface area contributed by atoms with Gasteiger partial charge in [-0.1, -0.05) is 82.6 Å². The van der Waals surface area contributed by atoms with Crippen molar-refractivity contribution in [1.29, 1.82) is 0 Å². The summed E-state index contributed by atoms with van der Waals surface area (Å²) in [6.45, 7) is 7.74. The summed E-state index contributed by atoms with van der Waals surface area (Å²) in [7, 11) is 0. The lowest BCUT2D eigenvalue weighted by Gasteiger charge is -2.27. The Hall–Kier alpha value is -3.35. The van der Waals surface area contributed by atoms with Crippen molar-refractivity contribution in [3.05, 3.63) is 59.7 Å². The third-order valence-corrected chi connectivity index (χ3v) is 6.48. The van der Waals surface area contributed by atoms with E-state index in [0.717, 1.165) is 22.3 Å². The van der Waals surface area contributed by atoms with Crippen molar-refractivity contribution < 1.29 is 24.2 Å². The van der Waals surface area contributed by atoms with Crippen molar-refractivity contribution in [3.63, 3.8) is 0 Å². The number of rotatable bonds is 10. The van der Waals surface area contributed by atoms with E-state index in [-0.39, 0.29) is 37.3 Å². The molecule has 0 fully saturated rings. The van der Waals surface area contributed by atoms with Crippen molar-refractivity contribution in [2.75, 3.05) is 13.2 Å². The fourth-order valence-electron chi connectivity index (χ4n) is 4.38. The molecular formula is C27H34N2O5. The fraction of sp³-hybridized carbons (Fsp3) is 0.444. The number of hydrogen-bond acceptors (Lipinski definition) is 4. The van der Waals surface area contributed by atoms with Gasteiger partial charge in [0.15, 0.2) is 0 Å². The molecule has 2 aromatic carbocycles. The van der Waals surface area contributed by atoms with Gasteiger partial charge in [-0.15, -0.1) is 0 Å². The standard InChI is InChI=1S/C27H34N2O5/c1-5-17(2)24(25(32)28-16-27(3,4)14-23(30)31)29-26(33)34-15-22-20-12-8-6-10-18(20)19-11-7-9-13-21(19)22/h6-13,17,22,24H,5,14-16H2,1-4H3,(H,28,32)(H,29,33)(H,30,31). The number of carbonyl (C=O) groups excluding carboxylic acids is 2. The van der Waals surface area contributed by atoms with Gasteiger partial charge in [-0.25, -0.2) is 4.79 Å². The number of benzene rings is 2. The van der Waals surface area contributed by atoms with E-state index in [0.29, 0.717) is 6.42 Å². The summed E-state index contributed by atoms with van der Waals surface area (Å²) in [6, 6.07) is 15.4. The van der Waals surface area contributed by atoms with E-state index in [1.54, 1.807) is 13.8 Å². The van der Waals surface area contributed by atoms with Crippen LogP contribution >= 0.6 is 0 Å². The van der Waals surface area contributed by atoms with Crippen molar-refractivity contribution in [3.8, 4) is 11.1 Å². The zero-order valence-corrected chi connectivity index (χ0v) is 20.3. The number of alkyl carbamates (subject to hydrolysis) is 1. The maximum Gasteiger partial charge on any atom is 0.407 e. The number of hydrogen-bond donors (Lipinski definition) is 3. The van der Waals surface area contributed by atoms with Gasteiger partial charge in [0.1, 0.15) is 12.6 Å². The molecule has 182 valence electrons. The van der Waals surface area contributed by atoms with Gasteiger partial charge < -0.3 is 20.5 Å². The minimum Gasteiger partial charge on any atom is -0.481 e. The first-order valence-electron chi connectivity index (χ1n) is 11.7. The van der Waals surface area contributed by atoms with Gasteiger partial charge in [0, 0.05) is 12.5 Å². The lowest BCUT2D eigenvalue weighted by atomic mass is 9.89. The van der Waals surface area contributed by atoms with E-state index in [1.807, 2.05) is 38.1 Å². The Kier molecular flexibility index (Phi) is 7.97. The molecular weight excluding hydrogens is 432 g/mol. The second-order valence-electron chi connectivity index (χ2n) is 9.79. The lowest BCUT2D eigenvalue weighted by Crippen LogP contribution is -2.52. The molecule has 7 nitrogen and oxygen atoms in total. The number of carboxylic acid groups (broad SMARTS) is 1. The van der Waals surface area contributed by atoms with Crippen LogP contribution in [0.4, 0.5) is 4.79 Å². The first kappa shape index (κ1) is 25.3. The molecule has 3 rings (SSSR count). The third-order valence-electron chi connectivity index (χ3n) is 6.48. The van der Waals surface area contributed by atoms with Crippen LogP contribution in [0.5, 0.6) is 0 Å². The fourth-order valence-corrected chi connectivity index (χ4v) is 4.38. The molecule has 0 radical (unpaired) electrons. The number of nitrogens with one attached hydrogen (secondary N) is 2. The Morgan fingerprint density at radius 2 is 1.59 bits per heavy atom. The molecule has 2 amide bonds. The van der Waals surface area contributed by atoms with E-state index in [4.69, 9.17) is 9.84 Å². The number of fused-ring (bicyclic) bond motifs is 3. The first-order chi connectivity index (χ1) is 16.1. The minimum atomic E-state index is -0.922. The molecule has 2 aromatic rings. The average molecular weight is 467 g/mol. The van der Waals surface area contributed by atoms with Gasteiger partial charge in [-0.3, -0.25) is 9.59 Å². The summed E-state index contributed by atoms with van der Waals surface area (Å²) in [5, 5.41) is 14.6. The molecule has 0 aliphatic heterocycles. The van der Waals surface area contributed by atoms with Gasteiger partial charge in [0.2, 0.25) is 5.91 Å². The number of carbonyl (C=O) groups is 3. The summed E-state index contributed by atoms with van der Waals surface area (Å²) in [5.41, 5.74) is 3.92. The predicted octanol–water partition coefficient (Wildman–Crippen LogP) is 4.56. The highest BCUT2D eigenvalue weighted by Gasteiger charge is 2.31. The van der Waals surface area contributed by atoms with Crippen molar-refractivity contribution in [2.24, 2.45) is 11.3 Å². The summed E-state index contributed by atoms with van der Waals surface area (Å²) in [5.74, 6) is -1.45. The van der Waals surface area contributed by atoms with Gasteiger partial charge in [0.25, 0.3) is 0 Å². The summed E-state index contributed by atoms with van der Waals surface area (Å²) in [6.07, 6.45) is -0.0337. The lowest BCUT2D eigenvalue weighted by molar-refractivity contribution is -0.139. The largest absolute Gasteiger partial charge is 0.481 e. The van der Waals surface area contributed by atoms with E-state index >= 15 is 0 Å². The van der Waals surface area contributed by atoms with Crippen LogP contribution in [-0.2, 0) is 14.3 Å². The van der Waals surface area contributed by atoms with Crippen LogP contribution in [0.15, 0.2) is 48.5 Å². The maximum atomic E-state index is 12.9. The molecule has 0 saturated carbocycles. The van der Waals surface area contributed by atoms with Crippen molar-refractivity contribution in [2.45, 2.75) is 52.5 Å². The second-order valence-corrected chi connectivity index (χ2v) is 9.79.